The van der Waals surface area contributed by atoms with Crippen LogP contribution in [0.1, 0.15) is 59.6 Å². The van der Waals surface area contributed by atoms with Crippen LogP contribution in [0.3, 0.4) is 0 Å². The molecule has 5 nitrogen and oxygen atoms in total. The number of carbonyl (C=O) groups is 1. The van der Waals surface area contributed by atoms with Crippen molar-refractivity contribution < 1.29 is 13.9 Å². The fourth-order valence-corrected chi connectivity index (χ4v) is 5.93. The van der Waals surface area contributed by atoms with Gasteiger partial charge in [0.25, 0.3) is 5.56 Å². The van der Waals surface area contributed by atoms with Gasteiger partial charge in [0, 0.05) is 5.75 Å². The molecule has 0 saturated carbocycles. The Kier molecular flexibility index (Phi) is 7.66. The molecule has 4 rings (SSSR count). The molecule has 2 aromatic heterocycles. The number of ether oxygens (including phenoxy) is 1. The Hall–Kier alpha value is -2.97. The Balaban J connectivity index is 1.75. The van der Waals surface area contributed by atoms with E-state index in [-0.39, 0.29) is 29.9 Å². The molecule has 0 amide bonds. The maximum Gasteiger partial charge on any atom is 0.348 e. The Morgan fingerprint density at radius 2 is 1.72 bits per heavy atom. The summed E-state index contributed by atoms with van der Waals surface area (Å²) in [5.41, 5.74) is 3.58. The second kappa shape index (κ2) is 10.6. The summed E-state index contributed by atoms with van der Waals surface area (Å²) in [5.74, 6) is -0.155. The van der Waals surface area contributed by atoms with Crippen molar-refractivity contribution >= 4 is 39.3 Å². The molecule has 0 unspecified atom stereocenters. The number of hydrogen-bond donors (Lipinski definition) is 0. The van der Waals surface area contributed by atoms with Gasteiger partial charge in [-0.1, -0.05) is 68.9 Å². The highest BCUT2D eigenvalue weighted by Crippen LogP contribution is 2.31. The molecule has 0 bridgehead atoms. The zero-order valence-electron chi connectivity index (χ0n) is 21.1. The van der Waals surface area contributed by atoms with Crippen LogP contribution in [-0.4, -0.2) is 22.1 Å². The van der Waals surface area contributed by atoms with Crippen molar-refractivity contribution in [3.8, 4) is 0 Å². The maximum atomic E-state index is 13.7. The highest BCUT2D eigenvalue weighted by Gasteiger charge is 2.23. The second-order valence-electron chi connectivity index (χ2n) is 9.60. The maximum absolute atomic E-state index is 13.7. The number of esters is 1. The van der Waals surface area contributed by atoms with E-state index in [1.165, 1.54) is 40.8 Å². The molecule has 0 radical (unpaired) electrons. The lowest BCUT2D eigenvalue weighted by Gasteiger charge is -2.19. The largest absolute Gasteiger partial charge is 0.462 e. The summed E-state index contributed by atoms with van der Waals surface area (Å²) < 4.78 is 20.3. The van der Waals surface area contributed by atoms with Gasteiger partial charge in [-0.25, -0.2) is 14.2 Å². The minimum atomic E-state index is -0.448. The van der Waals surface area contributed by atoms with Crippen LogP contribution >= 0.6 is 23.1 Å². The molecule has 0 atom stereocenters. The molecule has 4 aromatic rings. The quantitative estimate of drug-likeness (QED) is 0.153. The minimum Gasteiger partial charge on any atom is -0.462 e. The predicted octanol–water partition coefficient (Wildman–Crippen LogP) is 6.72. The molecule has 36 heavy (non-hydrogen) atoms. The summed E-state index contributed by atoms with van der Waals surface area (Å²) in [7, 11) is 0. The lowest BCUT2D eigenvalue weighted by atomic mass is 9.87. The monoisotopic (exact) mass is 524 g/mol. The number of benzene rings is 2. The summed E-state index contributed by atoms with van der Waals surface area (Å²) >= 11 is 2.65. The van der Waals surface area contributed by atoms with E-state index in [0.29, 0.717) is 31.6 Å². The average molecular weight is 525 g/mol. The van der Waals surface area contributed by atoms with Crippen molar-refractivity contribution in [1.82, 2.24) is 9.55 Å². The van der Waals surface area contributed by atoms with E-state index < -0.39 is 5.97 Å². The van der Waals surface area contributed by atoms with Gasteiger partial charge in [0.05, 0.1) is 18.5 Å². The highest BCUT2D eigenvalue weighted by atomic mass is 32.2. The van der Waals surface area contributed by atoms with Crippen molar-refractivity contribution in [3.05, 3.63) is 91.8 Å². The predicted molar refractivity (Wildman–Crippen MR) is 145 cm³/mol. The molecule has 0 saturated heterocycles. The normalized spacial score (nSPS) is 11.7. The third-order valence-corrected chi connectivity index (χ3v) is 8.13. The molecule has 188 valence electrons. The molecule has 0 aliphatic heterocycles. The molecular formula is C28H29FN2O3S2. The van der Waals surface area contributed by atoms with Crippen LogP contribution in [0.25, 0.3) is 10.2 Å². The number of halogens is 1. The molecule has 0 aliphatic carbocycles. The van der Waals surface area contributed by atoms with Crippen molar-refractivity contribution in [2.45, 2.75) is 57.5 Å². The van der Waals surface area contributed by atoms with Gasteiger partial charge < -0.3 is 4.74 Å². The first-order chi connectivity index (χ1) is 17.1. The molecule has 0 N–H and O–H groups in total. The number of thioether (sulfide) groups is 1. The first-order valence-electron chi connectivity index (χ1n) is 11.8. The molecule has 0 aliphatic rings. The van der Waals surface area contributed by atoms with Crippen molar-refractivity contribution in [2.24, 2.45) is 0 Å². The number of rotatable bonds is 7. The van der Waals surface area contributed by atoms with Crippen molar-refractivity contribution in [2.75, 3.05) is 6.61 Å². The van der Waals surface area contributed by atoms with E-state index in [0.717, 1.165) is 11.1 Å². The SMILES string of the molecule is CCOC(=O)c1sc2nc(SCc3ccc(C(C)(C)C)cc3)n(Cc3ccc(F)cc3)c(=O)c2c1C. The van der Waals surface area contributed by atoms with Crippen molar-refractivity contribution in [3.63, 3.8) is 0 Å². The van der Waals surface area contributed by atoms with E-state index >= 15 is 0 Å². The van der Waals surface area contributed by atoms with Gasteiger partial charge >= 0.3 is 5.97 Å². The summed E-state index contributed by atoms with van der Waals surface area (Å²) in [4.78, 5) is 31.9. The number of fused-ring (bicyclic) bond motifs is 1. The van der Waals surface area contributed by atoms with Crippen LogP contribution in [0.4, 0.5) is 4.39 Å². The fourth-order valence-electron chi connectivity index (χ4n) is 3.86. The Bertz CT molecular complexity index is 1450. The van der Waals surface area contributed by atoms with Crippen molar-refractivity contribution in [1.29, 1.82) is 0 Å². The number of hydrogen-bond acceptors (Lipinski definition) is 6. The van der Waals surface area contributed by atoms with Gasteiger partial charge in [-0.15, -0.1) is 11.3 Å². The van der Waals surface area contributed by atoms with Gasteiger partial charge in [-0.2, -0.15) is 0 Å². The molecule has 0 spiro atoms. The van der Waals surface area contributed by atoms with Gasteiger partial charge in [-0.3, -0.25) is 9.36 Å². The molecule has 2 heterocycles. The zero-order chi connectivity index (χ0) is 26.0. The number of carbonyl (C=O) groups excluding carboxylic acids is 1. The number of aromatic nitrogens is 2. The molecular weight excluding hydrogens is 495 g/mol. The third-order valence-electron chi connectivity index (χ3n) is 5.92. The number of thiophene rings is 1. The second-order valence-corrected chi connectivity index (χ2v) is 11.5. The lowest BCUT2D eigenvalue weighted by Crippen LogP contribution is -2.24. The lowest BCUT2D eigenvalue weighted by molar-refractivity contribution is 0.0531. The van der Waals surface area contributed by atoms with E-state index in [2.05, 4.69) is 45.0 Å². The van der Waals surface area contributed by atoms with Crippen LogP contribution < -0.4 is 5.56 Å². The summed E-state index contributed by atoms with van der Waals surface area (Å²) in [5, 5.41) is 0.970. The van der Waals surface area contributed by atoms with E-state index in [1.54, 1.807) is 30.5 Å². The molecule has 2 aromatic carbocycles. The standard InChI is InChI=1S/C28H29FN2O3S2/c1-6-34-26(33)23-17(2)22-24(36-23)30-27(31(25(22)32)15-18-9-13-21(29)14-10-18)35-16-19-7-11-20(12-8-19)28(3,4)5/h7-14H,6,15-16H2,1-5H3. The summed E-state index contributed by atoms with van der Waals surface area (Å²) in [6.07, 6.45) is 0. The van der Waals surface area contributed by atoms with Gasteiger partial charge in [-0.05, 0) is 53.6 Å². The van der Waals surface area contributed by atoms with Gasteiger partial charge in [0.2, 0.25) is 0 Å². The molecule has 8 heteroatoms. The Labute approximate surface area is 218 Å². The van der Waals surface area contributed by atoms with Crippen LogP contribution in [0.2, 0.25) is 0 Å². The van der Waals surface area contributed by atoms with Crippen LogP contribution in [0.5, 0.6) is 0 Å². The number of aryl methyl sites for hydroxylation is 1. The van der Waals surface area contributed by atoms with Crippen LogP contribution in [0, 0.1) is 12.7 Å². The zero-order valence-corrected chi connectivity index (χ0v) is 22.7. The smallest absolute Gasteiger partial charge is 0.348 e. The van der Waals surface area contributed by atoms with Crippen LogP contribution in [0.15, 0.2) is 58.5 Å². The number of nitrogens with zero attached hydrogens (tertiary/aromatic N) is 2. The van der Waals surface area contributed by atoms with Crippen LogP contribution in [-0.2, 0) is 22.4 Å². The minimum absolute atomic E-state index is 0.0710. The van der Waals surface area contributed by atoms with E-state index in [9.17, 15) is 14.0 Å². The summed E-state index contributed by atoms with van der Waals surface area (Å²) in [6, 6.07) is 14.5. The topological polar surface area (TPSA) is 61.2 Å². The van der Waals surface area contributed by atoms with E-state index in [1.807, 2.05) is 0 Å². The van der Waals surface area contributed by atoms with Gasteiger partial charge in [0.1, 0.15) is 15.5 Å². The Morgan fingerprint density at radius 3 is 2.33 bits per heavy atom. The molecule has 0 fully saturated rings. The highest BCUT2D eigenvalue weighted by molar-refractivity contribution is 7.98. The third kappa shape index (κ3) is 5.55. The fraction of sp³-hybridized carbons (Fsp3) is 0.321. The average Bonchev–Trinajstić information content (AvgIpc) is 3.17. The first-order valence-corrected chi connectivity index (χ1v) is 13.6. The van der Waals surface area contributed by atoms with Gasteiger partial charge in [0.15, 0.2) is 5.16 Å². The Morgan fingerprint density at radius 1 is 1.08 bits per heavy atom. The van der Waals surface area contributed by atoms with E-state index in [4.69, 9.17) is 9.72 Å². The summed E-state index contributed by atoms with van der Waals surface area (Å²) in [6.45, 7) is 10.5. The first kappa shape index (κ1) is 26.1.